The highest BCUT2D eigenvalue weighted by atomic mass is 35.5. The average molecular weight is 274 g/mol. The Bertz CT molecular complexity index is 305. The van der Waals surface area contributed by atoms with Gasteiger partial charge in [-0.25, -0.2) is 0 Å². The number of rotatable bonds is 8. The molecule has 0 aliphatic heterocycles. The fraction of sp³-hybridized carbons (Fsp3) is 0.538. The normalized spacial score (nSPS) is 12.6. The molecule has 0 fully saturated rings. The van der Waals surface area contributed by atoms with Crippen LogP contribution in [0.15, 0.2) is 29.2 Å². The lowest BCUT2D eigenvalue weighted by Crippen LogP contribution is -2.35. The fourth-order valence-electron chi connectivity index (χ4n) is 1.44. The van der Waals surface area contributed by atoms with Crippen molar-refractivity contribution in [3.05, 3.63) is 29.3 Å². The van der Waals surface area contributed by atoms with Gasteiger partial charge in [0.2, 0.25) is 0 Å². The van der Waals surface area contributed by atoms with Crippen molar-refractivity contribution < 1.29 is 4.74 Å². The highest BCUT2D eigenvalue weighted by molar-refractivity contribution is 7.99. The van der Waals surface area contributed by atoms with E-state index in [1.54, 1.807) is 0 Å². The van der Waals surface area contributed by atoms with Crippen molar-refractivity contribution in [3.63, 3.8) is 0 Å². The molecule has 0 aromatic heterocycles. The van der Waals surface area contributed by atoms with Crippen molar-refractivity contribution >= 4 is 23.4 Å². The number of halogens is 1. The molecule has 1 N–H and O–H groups in total. The van der Waals surface area contributed by atoms with E-state index in [2.05, 4.69) is 24.4 Å². The van der Waals surface area contributed by atoms with Gasteiger partial charge in [-0.3, -0.25) is 0 Å². The number of likely N-dealkylation sites (N-methyl/N-ethyl adjacent to an activating group) is 1. The number of ether oxygens (including phenoxy) is 1. The van der Waals surface area contributed by atoms with Gasteiger partial charge in [-0.05, 0) is 37.7 Å². The monoisotopic (exact) mass is 273 g/mol. The maximum Gasteiger partial charge on any atom is 0.0627 e. The van der Waals surface area contributed by atoms with E-state index in [0.717, 1.165) is 30.5 Å². The third-order valence-electron chi connectivity index (χ3n) is 2.28. The minimum Gasteiger partial charge on any atom is -0.380 e. The molecule has 0 bridgehead atoms. The first-order valence-corrected chi connectivity index (χ1v) is 7.32. The first kappa shape index (κ1) is 14.8. The van der Waals surface area contributed by atoms with Gasteiger partial charge in [0.25, 0.3) is 0 Å². The van der Waals surface area contributed by atoms with E-state index in [4.69, 9.17) is 16.3 Å². The Morgan fingerprint density at radius 1 is 1.29 bits per heavy atom. The average Bonchev–Trinajstić information content (AvgIpc) is 2.35. The summed E-state index contributed by atoms with van der Waals surface area (Å²) in [4.78, 5) is 1.24. The second-order valence-corrected chi connectivity index (χ2v) is 5.21. The molecule has 17 heavy (non-hydrogen) atoms. The predicted molar refractivity (Wildman–Crippen MR) is 76.1 cm³/mol. The standard InChI is InChI=1S/C13H20ClNOS/c1-3-15-12(9-16-4-2)10-17-13-7-5-11(14)6-8-13/h5-8,12,15H,3-4,9-10H2,1-2H3. The predicted octanol–water partition coefficient (Wildman–Crippen LogP) is 3.45. The van der Waals surface area contributed by atoms with E-state index in [-0.39, 0.29) is 0 Å². The van der Waals surface area contributed by atoms with E-state index in [0.29, 0.717) is 6.04 Å². The van der Waals surface area contributed by atoms with Gasteiger partial charge >= 0.3 is 0 Å². The van der Waals surface area contributed by atoms with E-state index in [9.17, 15) is 0 Å². The van der Waals surface area contributed by atoms with Crippen LogP contribution in [0.4, 0.5) is 0 Å². The number of hydrogen-bond acceptors (Lipinski definition) is 3. The second-order valence-electron chi connectivity index (χ2n) is 3.68. The first-order valence-electron chi connectivity index (χ1n) is 5.95. The Balaban J connectivity index is 2.37. The fourth-order valence-corrected chi connectivity index (χ4v) is 2.50. The molecule has 1 aromatic rings. The van der Waals surface area contributed by atoms with E-state index in [1.807, 2.05) is 30.8 Å². The summed E-state index contributed by atoms with van der Waals surface area (Å²) < 4.78 is 5.46. The van der Waals surface area contributed by atoms with Crippen LogP contribution in [-0.2, 0) is 4.74 Å². The summed E-state index contributed by atoms with van der Waals surface area (Å²) in [6, 6.07) is 8.36. The van der Waals surface area contributed by atoms with E-state index >= 15 is 0 Å². The Kier molecular flexibility index (Phi) is 7.69. The second kappa shape index (κ2) is 8.81. The third-order valence-corrected chi connectivity index (χ3v) is 3.71. The van der Waals surface area contributed by atoms with Crippen LogP contribution >= 0.6 is 23.4 Å². The van der Waals surface area contributed by atoms with Crippen LogP contribution in [0.2, 0.25) is 5.02 Å². The Labute approximate surface area is 113 Å². The topological polar surface area (TPSA) is 21.3 Å². The third kappa shape index (κ3) is 6.32. The Hall–Kier alpha value is -0.220. The van der Waals surface area contributed by atoms with E-state index in [1.165, 1.54) is 4.90 Å². The SMILES string of the molecule is CCNC(COCC)CSc1ccc(Cl)cc1. The van der Waals surface area contributed by atoms with Crippen LogP contribution < -0.4 is 5.32 Å². The first-order chi connectivity index (χ1) is 8.26. The molecule has 0 heterocycles. The summed E-state index contributed by atoms with van der Waals surface area (Å²) >= 11 is 7.68. The van der Waals surface area contributed by atoms with Crippen LogP contribution in [0.25, 0.3) is 0 Å². The molecule has 0 saturated carbocycles. The quantitative estimate of drug-likeness (QED) is 0.733. The van der Waals surface area contributed by atoms with Gasteiger partial charge in [-0.15, -0.1) is 11.8 Å². The maximum absolute atomic E-state index is 5.85. The van der Waals surface area contributed by atoms with Crippen LogP contribution in [0.5, 0.6) is 0 Å². The van der Waals surface area contributed by atoms with Crippen LogP contribution in [0.3, 0.4) is 0 Å². The summed E-state index contributed by atoms with van der Waals surface area (Å²) in [6.07, 6.45) is 0. The molecular weight excluding hydrogens is 254 g/mol. The minimum absolute atomic E-state index is 0.403. The molecule has 0 aliphatic carbocycles. The largest absolute Gasteiger partial charge is 0.380 e. The van der Waals surface area contributed by atoms with Gasteiger partial charge in [-0.2, -0.15) is 0 Å². The molecule has 1 aromatic carbocycles. The van der Waals surface area contributed by atoms with Crippen molar-refractivity contribution in [3.8, 4) is 0 Å². The van der Waals surface area contributed by atoms with Gasteiger partial charge in [0.15, 0.2) is 0 Å². The van der Waals surface area contributed by atoms with Crippen molar-refractivity contribution in [2.45, 2.75) is 24.8 Å². The smallest absolute Gasteiger partial charge is 0.0627 e. The number of hydrogen-bond donors (Lipinski definition) is 1. The van der Waals surface area contributed by atoms with Crippen molar-refractivity contribution in [1.82, 2.24) is 5.32 Å². The zero-order valence-electron chi connectivity index (χ0n) is 10.4. The Morgan fingerprint density at radius 2 is 2.00 bits per heavy atom. The molecule has 96 valence electrons. The summed E-state index contributed by atoms with van der Waals surface area (Å²) in [6.45, 7) is 6.65. The lowest BCUT2D eigenvalue weighted by molar-refractivity contribution is 0.129. The van der Waals surface area contributed by atoms with Gasteiger partial charge in [0.1, 0.15) is 0 Å². The van der Waals surface area contributed by atoms with Crippen molar-refractivity contribution in [2.75, 3.05) is 25.5 Å². The molecule has 1 unspecified atom stereocenters. The van der Waals surface area contributed by atoms with Crippen molar-refractivity contribution in [2.24, 2.45) is 0 Å². The lowest BCUT2D eigenvalue weighted by atomic mass is 10.3. The summed E-state index contributed by atoms with van der Waals surface area (Å²) in [5.74, 6) is 1.01. The zero-order chi connectivity index (χ0) is 12.5. The van der Waals surface area contributed by atoms with Gasteiger partial charge in [0, 0.05) is 28.3 Å². The molecule has 1 atom stereocenters. The summed E-state index contributed by atoms with van der Waals surface area (Å²) in [7, 11) is 0. The van der Waals surface area contributed by atoms with E-state index < -0.39 is 0 Å². The van der Waals surface area contributed by atoms with Crippen LogP contribution in [0.1, 0.15) is 13.8 Å². The maximum atomic E-state index is 5.85. The molecule has 2 nitrogen and oxygen atoms in total. The number of thioether (sulfide) groups is 1. The summed E-state index contributed by atoms with van der Waals surface area (Å²) in [5.41, 5.74) is 0. The van der Waals surface area contributed by atoms with Gasteiger partial charge in [0.05, 0.1) is 6.61 Å². The minimum atomic E-state index is 0.403. The molecule has 4 heteroatoms. The Morgan fingerprint density at radius 3 is 2.59 bits per heavy atom. The zero-order valence-corrected chi connectivity index (χ0v) is 12.0. The molecule has 0 saturated heterocycles. The molecule has 0 radical (unpaired) electrons. The highest BCUT2D eigenvalue weighted by Crippen LogP contribution is 2.21. The number of benzene rings is 1. The van der Waals surface area contributed by atoms with Crippen LogP contribution in [0, 0.1) is 0 Å². The number of nitrogens with one attached hydrogen (secondary N) is 1. The van der Waals surface area contributed by atoms with Gasteiger partial charge < -0.3 is 10.1 Å². The van der Waals surface area contributed by atoms with Crippen LogP contribution in [-0.4, -0.2) is 31.6 Å². The molecule has 0 spiro atoms. The molecular formula is C13H20ClNOS. The highest BCUT2D eigenvalue weighted by Gasteiger charge is 2.07. The molecule has 1 rings (SSSR count). The molecule has 0 aliphatic rings. The summed E-state index contributed by atoms with van der Waals surface area (Å²) in [5, 5.41) is 4.21. The van der Waals surface area contributed by atoms with Gasteiger partial charge in [-0.1, -0.05) is 18.5 Å². The lowest BCUT2D eigenvalue weighted by Gasteiger charge is -2.17. The van der Waals surface area contributed by atoms with Crippen molar-refractivity contribution in [1.29, 1.82) is 0 Å². The molecule has 0 amide bonds.